The van der Waals surface area contributed by atoms with Gasteiger partial charge in [0.05, 0.1) is 11.8 Å². The van der Waals surface area contributed by atoms with Crippen molar-refractivity contribution < 1.29 is 9.21 Å². The van der Waals surface area contributed by atoms with E-state index in [4.69, 9.17) is 10.2 Å². The quantitative estimate of drug-likeness (QED) is 0.915. The van der Waals surface area contributed by atoms with Crippen molar-refractivity contribution in [2.45, 2.75) is 20.0 Å². The van der Waals surface area contributed by atoms with Gasteiger partial charge in [-0.3, -0.25) is 4.79 Å². The first-order valence-electron chi connectivity index (χ1n) is 6.19. The topological polar surface area (TPSA) is 59.5 Å². The lowest BCUT2D eigenvalue weighted by Crippen LogP contribution is -2.26. The third-order valence-electron chi connectivity index (χ3n) is 3.11. The first-order valence-corrected chi connectivity index (χ1v) is 6.19. The normalized spacial score (nSPS) is 10.5. The minimum Gasteiger partial charge on any atom is -0.469 e. The van der Waals surface area contributed by atoms with Crippen molar-refractivity contribution in [1.29, 1.82) is 0 Å². The zero-order chi connectivity index (χ0) is 13.8. The lowest BCUT2D eigenvalue weighted by atomic mass is 10.1. The number of nitrogens with zero attached hydrogens (tertiary/aromatic N) is 1. The third kappa shape index (κ3) is 3.03. The number of nitrogens with two attached hydrogens (primary N) is 1. The molecule has 2 rings (SSSR count). The molecule has 0 spiro atoms. The Bertz CT molecular complexity index is 558. The van der Waals surface area contributed by atoms with Crippen molar-refractivity contribution in [3.8, 4) is 0 Å². The number of hydrogen-bond acceptors (Lipinski definition) is 3. The monoisotopic (exact) mass is 258 g/mol. The van der Waals surface area contributed by atoms with Crippen LogP contribution >= 0.6 is 0 Å². The van der Waals surface area contributed by atoms with E-state index >= 15 is 0 Å². The van der Waals surface area contributed by atoms with Gasteiger partial charge >= 0.3 is 0 Å². The highest BCUT2D eigenvalue weighted by atomic mass is 16.3. The Morgan fingerprint density at radius 1 is 1.21 bits per heavy atom. The Labute approximate surface area is 112 Å². The van der Waals surface area contributed by atoms with E-state index in [-0.39, 0.29) is 5.91 Å². The number of aryl methyl sites for hydroxylation is 1. The summed E-state index contributed by atoms with van der Waals surface area (Å²) in [6.07, 6.45) is 1.53. The highest BCUT2D eigenvalue weighted by Crippen LogP contribution is 2.13. The standard InChI is InChI=1S/C15H18N2O2/c1-11-14(7-8-19-11)15(18)17(2)10-13-5-3-12(9-16)4-6-13/h3-8H,9-10,16H2,1-2H3. The van der Waals surface area contributed by atoms with Gasteiger partial charge in [-0.2, -0.15) is 0 Å². The summed E-state index contributed by atoms with van der Waals surface area (Å²) in [7, 11) is 1.78. The van der Waals surface area contributed by atoms with Gasteiger partial charge in [0.15, 0.2) is 0 Å². The maximum absolute atomic E-state index is 12.2. The summed E-state index contributed by atoms with van der Waals surface area (Å²) in [4.78, 5) is 13.9. The lowest BCUT2D eigenvalue weighted by molar-refractivity contribution is 0.0783. The number of carbonyl (C=O) groups is 1. The molecule has 0 fully saturated rings. The van der Waals surface area contributed by atoms with Gasteiger partial charge < -0.3 is 15.1 Å². The minimum absolute atomic E-state index is 0.0332. The van der Waals surface area contributed by atoms with Crippen molar-refractivity contribution in [3.05, 3.63) is 59.0 Å². The maximum Gasteiger partial charge on any atom is 0.257 e. The van der Waals surface area contributed by atoms with Crippen LogP contribution in [-0.2, 0) is 13.1 Å². The number of amides is 1. The van der Waals surface area contributed by atoms with Crippen LogP contribution in [0.1, 0.15) is 27.2 Å². The molecule has 0 aliphatic rings. The first kappa shape index (κ1) is 13.4. The highest BCUT2D eigenvalue weighted by Gasteiger charge is 2.16. The average Bonchev–Trinajstić information content (AvgIpc) is 2.85. The predicted octanol–water partition coefficient (Wildman–Crippen LogP) is 2.32. The Hall–Kier alpha value is -2.07. The van der Waals surface area contributed by atoms with Gasteiger partial charge in [0.25, 0.3) is 5.91 Å². The molecule has 0 bridgehead atoms. The second-order valence-electron chi connectivity index (χ2n) is 4.57. The molecule has 0 unspecified atom stereocenters. The molecule has 1 heterocycles. The largest absolute Gasteiger partial charge is 0.469 e. The Morgan fingerprint density at radius 2 is 1.84 bits per heavy atom. The fourth-order valence-corrected chi connectivity index (χ4v) is 1.94. The molecule has 0 saturated heterocycles. The Kier molecular flexibility index (Phi) is 4.02. The van der Waals surface area contributed by atoms with E-state index in [1.54, 1.807) is 24.9 Å². The SMILES string of the molecule is Cc1occc1C(=O)N(C)Cc1ccc(CN)cc1. The first-order chi connectivity index (χ1) is 9.11. The molecule has 1 aromatic carbocycles. The molecule has 2 N–H and O–H groups in total. The average molecular weight is 258 g/mol. The zero-order valence-corrected chi connectivity index (χ0v) is 11.2. The van der Waals surface area contributed by atoms with Crippen LogP contribution in [0.5, 0.6) is 0 Å². The van der Waals surface area contributed by atoms with Crippen LogP contribution in [0.25, 0.3) is 0 Å². The molecule has 0 aliphatic heterocycles. The van der Waals surface area contributed by atoms with E-state index in [1.165, 1.54) is 6.26 Å². The maximum atomic E-state index is 12.2. The van der Waals surface area contributed by atoms with Gasteiger partial charge in [0.1, 0.15) is 5.76 Å². The van der Waals surface area contributed by atoms with E-state index in [1.807, 2.05) is 24.3 Å². The molecule has 19 heavy (non-hydrogen) atoms. The summed E-state index contributed by atoms with van der Waals surface area (Å²) in [5, 5.41) is 0. The molecule has 4 nitrogen and oxygen atoms in total. The van der Waals surface area contributed by atoms with Gasteiger partial charge in [-0.05, 0) is 24.1 Å². The smallest absolute Gasteiger partial charge is 0.257 e. The van der Waals surface area contributed by atoms with Gasteiger partial charge in [-0.15, -0.1) is 0 Å². The van der Waals surface area contributed by atoms with Crippen LogP contribution in [0, 0.1) is 6.92 Å². The summed E-state index contributed by atoms with van der Waals surface area (Å²) < 4.78 is 5.15. The number of carbonyl (C=O) groups excluding carboxylic acids is 1. The van der Waals surface area contributed by atoms with Gasteiger partial charge in [0, 0.05) is 20.1 Å². The van der Waals surface area contributed by atoms with E-state index in [9.17, 15) is 4.79 Å². The van der Waals surface area contributed by atoms with E-state index in [0.717, 1.165) is 11.1 Å². The number of hydrogen-bond donors (Lipinski definition) is 1. The van der Waals surface area contributed by atoms with Crippen LogP contribution in [0.2, 0.25) is 0 Å². The second-order valence-corrected chi connectivity index (χ2v) is 4.57. The summed E-state index contributed by atoms with van der Waals surface area (Å²) in [5.41, 5.74) is 8.33. The molecular weight excluding hydrogens is 240 g/mol. The predicted molar refractivity (Wildman–Crippen MR) is 73.6 cm³/mol. The van der Waals surface area contributed by atoms with Gasteiger partial charge in [-0.1, -0.05) is 24.3 Å². The second kappa shape index (κ2) is 5.71. The zero-order valence-electron chi connectivity index (χ0n) is 11.2. The van der Waals surface area contributed by atoms with Crippen LogP contribution in [0.3, 0.4) is 0 Å². The van der Waals surface area contributed by atoms with Crippen LogP contribution in [-0.4, -0.2) is 17.9 Å². The molecule has 0 saturated carbocycles. The lowest BCUT2D eigenvalue weighted by Gasteiger charge is -2.17. The van der Waals surface area contributed by atoms with Gasteiger partial charge in [-0.25, -0.2) is 0 Å². The fraction of sp³-hybridized carbons (Fsp3) is 0.267. The van der Waals surface area contributed by atoms with Crippen molar-refractivity contribution in [1.82, 2.24) is 4.90 Å². The third-order valence-corrected chi connectivity index (χ3v) is 3.11. The summed E-state index contributed by atoms with van der Waals surface area (Å²) >= 11 is 0. The molecule has 100 valence electrons. The van der Waals surface area contributed by atoms with E-state index < -0.39 is 0 Å². The van der Waals surface area contributed by atoms with E-state index in [0.29, 0.717) is 24.4 Å². The Morgan fingerprint density at radius 3 is 2.37 bits per heavy atom. The Balaban J connectivity index is 2.06. The molecule has 4 heteroatoms. The summed E-state index contributed by atoms with van der Waals surface area (Å²) in [5.74, 6) is 0.615. The molecule has 1 aromatic heterocycles. The molecule has 0 radical (unpaired) electrons. The number of furan rings is 1. The summed E-state index contributed by atoms with van der Waals surface area (Å²) in [6.45, 7) is 2.88. The highest BCUT2D eigenvalue weighted by molar-refractivity contribution is 5.94. The van der Waals surface area contributed by atoms with Crippen LogP contribution in [0.4, 0.5) is 0 Å². The van der Waals surface area contributed by atoms with E-state index in [2.05, 4.69) is 0 Å². The molecule has 1 amide bonds. The summed E-state index contributed by atoms with van der Waals surface area (Å²) in [6, 6.07) is 9.65. The molecule has 0 aliphatic carbocycles. The molecule has 0 atom stereocenters. The van der Waals surface area contributed by atoms with Crippen LogP contribution in [0.15, 0.2) is 41.0 Å². The van der Waals surface area contributed by atoms with Crippen molar-refractivity contribution >= 4 is 5.91 Å². The van der Waals surface area contributed by atoms with Crippen LogP contribution < -0.4 is 5.73 Å². The number of rotatable bonds is 4. The van der Waals surface area contributed by atoms with Crippen molar-refractivity contribution in [3.63, 3.8) is 0 Å². The van der Waals surface area contributed by atoms with Crippen molar-refractivity contribution in [2.75, 3.05) is 7.05 Å². The molecule has 2 aromatic rings. The number of benzene rings is 1. The van der Waals surface area contributed by atoms with Gasteiger partial charge in [0.2, 0.25) is 0 Å². The fourth-order valence-electron chi connectivity index (χ4n) is 1.94. The molecular formula is C15H18N2O2. The minimum atomic E-state index is -0.0332. The van der Waals surface area contributed by atoms with Crippen molar-refractivity contribution in [2.24, 2.45) is 5.73 Å².